The highest BCUT2D eigenvalue weighted by Crippen LogP contribution is 2.23. The Morgan fingerprint density at radius 2 is 2.08 bits per heavy atom. The quantitative estimate of drug-likeness (QED) is 0.668. The summed E-state index contributed by atoms with van der Waals surface area (Å²) in [6, 6.07) is 2.30. The summed E-state index contributed by atoms with van der Waals surface area (Å²) in [7, 11) is 0. The first-order valence-corrected chi connectivity index (χ1v) is 7.77. The standard InChI is InChI=1S/C14H11F4N3O4S/c15-13(16)14(17,18)6-25-9-2-1-7(3-19-9)11(22)20-4-10-21-8(5-26-10)12(23)24/h1-3,5,13H,4,6H2,(H,20,22)(H,23,24). The van der Waals surface area contributed by atoms with Crippen LogP contribution in [0.15, 0.2) is 23.7 Å². The number of pyridine rings is 1. The maximum atomic E-state index is 12.7. The normalized spacial score (nSPS) is 11.4. The lowest BCUT2D eigenvalue weighted by molar-refractivity contribution is -0.148. The molecule has 0 fully saturated rings. The molecule has 140 valence electrons. The summed E-state index contributed by atoms with van der Waals surface area (Å²) < 4.78 is 54.0. The van der Waals surface area contributed by atoms with E-state index in [-0.39, 0.29) is 23.7 Å². The minimum absolute atomic E-state index is 0.0182. The molecule has 2 aromatic heterocycles. The second kappa shape index (κ2) is 8.08. The summed E-state index contributed by atoms with van der Waals surface area (Å²) >= 11 is 1.05. The number of hydrogen-bond acceptors (Lipinski definition) is 6. The van der Waals surface area contributed by atoms with E-state index < -0.39 is 30.8 Å². The Balaban J connectivity index is 1.88. The van der Waals surface area contributed by atoms with Gasteiger partial charge in [0.05, 0.1) is 12.1 Å². The Morgan fingerprint density at radius 3 is 2.62 bits per heavy atom. The molecule has 0 atom stereocenters. The van der Waals surface area contributed by atoms with E-state index in [1.807, 2.05) is 0 Å². The number of nitrogens with zero attached hydrogens (tertiary/aromatic N) is 2. The summed E-state index contributed by atoms with van der Waals surface area (Å²) in [4.78, 5) is 30.0. The van der Waals surface area contributed by atoms with Crippen LogP contribution >= 0.6 is 11.3 Å². The van der Waals surface area contributed by atoms with Gasteiger partial charge in [-0.05, 0) is 6.07 Å². The van der Waals surface area contributed by atoms with Crippen molar-refractivity contribution in [3.8, 4) is 5.88 Å². The molecule has 7 nitrogen and oxygen atoms in total. The smallest absolute Gasteiger partial charge is 0.355 e. The number of thiazole rings is 1. The summed E-state index contributed by atoms with van der Waals surface area (Å²) in [6.45, 7) is -1.56. The molecule has 12 heteroatoms. The predicted octanol–water partition coefficient (Wildman–Crippen LogP) is 2.45. The Labute approximate surface area is 147 Å². The second-order valence-electron chi connectivity index (χ2n) is 4.85. The molecule has 2 rings (SSSR count). The minimum atomic E-state index is -4.31. The third-order valence-electron chi connectivity index (χ3n) is 2.90. The van der Waals surface area contributed by atoms with Crippen molar-refractivity contribution < 1.29 is 37.0 Å². The van der Waals surface area contributed by atoms with E-state index in [1.165, 1.54) is 11.4 Å². The van der Waals surface area contributed by atoms with Crippen molar-refractivity contribution in [2.75, 3.05) is 6.61 Å². The third-order valence-corrected chi connectivity index (χ3v) is 3.75. The first kappa shape index (κ1) is 19.6. The average Bonchev–Trinajstić information content (AvgIpc) is 3.07. The highest BCUT2D eigenvalue weighted by molar-refractivity contribution is 7.09. The lowest BCUT2D eigenvalue weighted by Gasteiger charge is -2.15. The second-order valence-corrected chi connectivity index (χ2v) is 5.79. The molecular formula is C14H11F4N3O4S. The summed E-state index contributed by atoms with van der Waals surface area (Å²) in [5, 5.41) is 12.9. The third kappa shape index (κ3) is 5.12. The van der Waals surface area contributed by atoms with Crippen molar-refractivity contribution in [2.24, 2.45) is 0 Å². The maximum Gasteiger partial charge on any atom is 0.355 e. The summed E-state index contributed by atoms with van der Waals surface area (Å²) in [5.74, 6) is -6.40. The first-order valence-electron chi connectivity index (χ1n) is 6.90. The topological polar surface area (TPSA) is 101 Å². The molecule has 0 saturated carbocycles. The highest BCUT2D eigenvalue weighted by atomic mass is 32.1. The van der Waals surface area contributed by atoms with E-state index in [9.17, 15) is 27.2 Å². The Morgan fingerprint density at radius 1 is 1.35 bits per heavy atom. The summed E-state index contributed by atoms with van der Waals surface area (Å²) in [5.41, 5.74) is -0.0731. The van der Waals surface area contributed by atoms with Gasteiger partial charge in [-0.3, -0.25) is 4.79 Å². The van der Waals surface area contributed by atoms with E-state index in [2.05, 4.69) is 20.0 Å². The van der Waals surface area contributed by atoms with Crippen molar-refractivity contribution in [3.05, 3.63) is 40.0 Å². The lowest BCUT2D eigenvalue weighted by Crippen LogP contribution is -2.33. The van der Waals surface area contributed by atoms with E-state index in [1.54, 1.807) is 0 Å². The molecule has 0 saturated heterocycles. The van der Waals surface area contributed by atoms with Crippen LogP contribution in [0.4, 0.5) is 17.6 Å². The van der Waals surface area contributed by atoms with Crippen molar-refractivity contribution in [1.29, 1.82) is 0 Å². The van der Waals surface area contributed by atoms with Crippen LogP contribution in [-0.2, 0) is 6.54 Å². The van der Waals surface area contributed by atoms with E-state index in [0.29, 0.717) is 5.01 Å². The first-order chi connectivity index (χ1) is 12.2. The maximum absolute atomic E-state index is 12.7. The summed E-state index contributed by atoms with van der Waals surface area (Å²) in [6.07, 6.45) is -2.84. The average molecular weight is 393 g/mol. The Kier molecular flexibility index (Phi) is 6.08. The van der Waals surface area contributed by atoms with Crippen LogP contribution in [0.25, 0.3) is 0 Å². The molecule has 0 aliphatic rings. The van der Waals surface area contributed by atoms with Gasteiger partial charge < -0.3 is 15.2 Å². The van der Waals surface area contributed by atoms with Crippen molar-refractivity contribution >= 4 is 23.2 Å². The fourth-order valence-corrected chi connectivity index (χ4v) is 2.29. The molecular weight excluding hydrogens is 382 g/mol. The molecule has 0 aliphatic heterocycles. The molecule has 0 aliphatic carbocycles. The van der Waals surface area contributed by atoms with Gasteiger partial charge in [0.25, 0.3) is 5.91 Å². The monoisotopic (exact) mass is 393 g/mol. The Hall–Kier alpha value is -2.76. The number of rotatable bonds is 8. The van der Waals surface area contributed by atoms with Gasteiger partial charge in [-0.2, -0.15) is 8.78 Å². The highest BCUT2D eigenvalue weighted by Gasteiger charge is 2.41. The number of carbonyl (C=O) groups is 2. The number of hydrogen-bond donors (Lipinski definition) is 2. The van der Waals surface area contributed by atoms with Gasteiger partial charge in [0.1, 0.15) is 5.01 Å². The number of alkyl halides is 4. The molecule has 2 N–H and O–H groups in total. The zero-order valence-electron chi connectivity index (χ0n) is 12.8. The molecule has 0 spiro atoms. The van der Waals surface area contributed by atoms with Gasteiger partial charge in [-0.15, -0.1) is 11.3 Å². The van der Waals surface area contributed by atoms with Crippen LogP contribution in [0.5, 0.6) is 5.88 Å². The predicted molar refractivity (Wildman–Crippen MR) is 80.9 cm³/mol. The zero-order valence-corrected chi connectivity index (χ0v) is 13.6. The minimum Gasteiger partial charge on any atom is -0.476 e. The number of carboxylic acid groups (broad SMARTS) is 1. The van der Waals surface area contributed by atoms with Gasteiger partial charge in [0, 0.05) is 17.6 Å². The number of aromatic carboxylic acids is 1. The van der Waals surface area contributed by atoms with Crippen LogP contribution in [-0.4, -0.2) is 45.9 Å². The van der Waals surface area contributed by atoms with Gasteiger partial charge in [-0.25, -0.2) is 23.5 Å². The number of halogens is 4. The van der Waals surface area contributed by atoms with Crippen LogP contribution in [0.1, 0.15) is 25.9 Å². The van der Waals surface area contributed by atoms with E-state index >= 15 is 0 Å². The molecule has 2 heterocycles. The molecule has 0 aromatic carbocycles. The van der Waals surface area contributed by atoms with Crippen molar-refractivity contribution in [3.63, 3.8) is 0 Å². The zero-order chi connectivity index (χ0) is 19.3. The van der Waals surface area contributed by atoms with E-state index in [4.69, 9.17) is 5.11 Å². The van der Waals surface area contributed by atoms with Gasteiger partial charge >= 0.3 is 18.3 Å². The lowest BCUT2D eigenvalue weighted by atomic mass is 10.2. The number of carbonyl (C=O) groups excluding carboxylic acids is 1. The molecule has 2 aromatic rings. The molecule has 1 amide bonds. The fraction of sp³-hybridized carbons (Fsp3) is 0.286. The van der Waals surface area contributed by atoms with Gasteiger partial charge in [0.2, 0.25) is 5.88 Å². The number of carboxylic acids is 1. The van der Waals surface area contributed by atoms with Crippen LogP contribution in [0, 0.1) is 0 Å². The fourth-order valence-electron chi connectivity index (χ4n) is 1.58. The number of aromatic nitrogens is 2. The SMILES string of the molecule is O=C(NCc1nc(C(=O)O)cs1)c1ccc(OCC(F)(F)C(F)F)nc1. The molecule has 0 radical (unpaired) electrons. The van der Waals surface area contributed by atoms with Crippen molar-refractivity contribution in [2.45, 2.75) is 18.9 Å². The van der Waals surface area contributed by atoms with Crippen LogP contribution in [0.3, 0.4) is 0 Å². The molecule has 26 heavy (non-hydrogen) atoms. The van der Waals surface area contributed by atoms with Crippen LogP contribution < -0.4 is 10.1 Å². The number of amides is 1. The van der Waals surface area contributed by atoms with Crippen LogP contribution in [0.2, 0.25) is 0 Å². The van der Waals surface area contributed by atoms with E-state index in [0.717, 1.165) is 23.6 Å². The Bertz CT molecular complexity index is 783. The molecule has 0 bridgehead atoms. The van der Waals surface area contributed by atoms with Gasteiger partial charge in [-0.1, -0.05) is 0 Å². The number of ether oxygens (including phenoxy) is 1. The largest absolute Gasteiger partial charge is 0.476 e. The van der Waals surface area contributed by atoms with Crippen molar-refractivity contribution in [1.82, 2.24) is 15.3 Å². The number of nitrogens with one attached hydrogen (secondary N) is 1. The van der Waals surface area contributed by atoms with Gasteiger partial charge in [0.15, 0.2) is 12.3 Å². The molecule has 0 unspecified atom stereocenters.